The van der Waals surface area contributed by atoms with Crippen molar-refractivity contribution in [2.45, 2.75) is 19.8 Å². The second-order valence-electron chi connectivity index (χ2n) is 2.54. The van der Waals surface area contributed by atoms with Gasteiger partial charge in [0.1, 0.15) is 5.75 Å². The standard InChI is InChI=1S/C9H12ClNO/c1-2-3-4-12-9-5-8(10)6-11-7-9/h5-7H,2-4H2,1H3. The molecule has 12 heavy (non-hydrogen) atoms. The lowest BCUT2D eigenvalue weighted by Gasteiger charge is -2.03. The molecule has 1 aromatic rings. The zero-order valence-electron chi connectivity index (χ0n) is 7.09. The van der Waals surface area contributed by atoms with Crippen LogP contribution >= 0.6 is 11.6 Å². The van der Waals surface area contributed by atoms with Gasteiger partial charge in [0.15, 0.2) is 0 Å². The summed E-state index contributed by atoms with van der Waals surface area (Å²) in [6.45, 7) is 2.86. The smallest absolute Gasteiger partial charge is 0.139 e. The summed E-state index contributed by atoms with van der Waals surface area (Å²) in [5, 5.41) is 0.615. The lowest BCUT2D eigenvalue weighted by molar-refractivity contribution is 0.308. The number of aromatic nitrogens is 1. The Kier molecular flexibility index (Phi) is 3.88. The molecule has 0 saturated heterocycles. The molecule has 0 aliphatic heterocycles. The Labute approximate surface area is 77.5 Å². The van der Waals surface area contributed by atoms with Gasteiger partial charge in [-0.1, -0.05) is 24.9 Å². The minimum atomic E-state index is 0.615. The van der Waals surface area contributed by atoms with Crippen LogP contribution in [-0.2, 0) is 0 Å². The van der Waals surface area contributed by atoms with Crippen LogP contribution in [0.3, 0.4) is 0 Å². The Morgan fingerprint density at radius 1 is 1.50 bits per heavy atom. The Morgan fingerprint density at radius 2 is 2.33 bits per heavy atom. The zero-order valence-corrected chi connectivity index (χ0v) is 7.84. The van der Waals surface area contributed by atoms with Crippen LogP contribution in [0, 0.1) is 0 Å². The zero-order chi connectivity index (χ0) is 8.81. The van der Waals surface area contributed by atoms with Crippen LogP contribution < -0.4 is 4.74 Å². The normalized spacial score (nSPS) is 9.83. The molecule has 0 amide bonds. The molecule has 0 aliphatic carbocycles. The number of ether oxygens (including phenoxy) is 1. The summed E-state index contributed by atoms with van der Waals surface area (Å²) in [4.78, 5) is 3.91. The summed E-state index contributed by atoms with van der Waals surface area (Å²) < 4.78 is 5.38. The Hall–Kier alpha value is -0.760. The average molecular weight is 186 g/mol. The predicted octanol–water partition coefficient (Wildman–Crippen LogP) is 2.91. The van der Waals surface area contributed by atoms with Gasteiger partial charge in [0, 0.05) is 12.3 Å². The molecule has 0 fully saturated rings. The first kappa shape index (κ1) is 9.33. The first-order valence-electron chi connectivity index (χ1n) is 4.06. The van der Waals surface area contributed by atoms with Crippen molar-refractivity contribution in [3.63, 3.8) is 0 Å². The van der Waals surface area contributed by atoms with Crippen molar-refractivity contribution >= 4 is 11.6 Å². The topological polar surface area (TPSA) is 22.1 Å². The van der Waals surface area contributed by atoms with E-state index in [1.54, 1.807) is 18.5 Å². The molecule has 1 aromatic heterocycles. The van der Waals surface area contributed by atoms with E-state index in [-0.39, 0.29) is 0 Å². The molecular weight excluding hydrogens is 174 g/mol. The van der Waals surface area contributed by atoms with Crippen LogP contribution in [0.2, 0.25) is 5.02 Å². The quantitative estimate of drug-likeness (QED) is 0.673. The Morgan fingerprint density at radius 3 is 3.00 bits per heavy atom. The molecule has 0 aliphatic rings. The second kappa shape index (κ2) is 4.99. The average Bonchev–Trinajstić information content (AvgIpc) is 2.05. The van der Waals surface area contributed by atoms with Gasteiger partial charge in [-0.3, -0.25) is 4.98 Å². The first-order valence-corrected chi connectivity index (χ1v) is 4.44. The van der Waals surface area contributed by atoms with E-state index < -0.39 is 0 Å². The number of hydrogen-bond acceptors (Lipinski definition) is 2. The number of unbranched alkanes of at least 4 members (excludes halogenated alkanes) is 1. The van der Waals surface area contributed by atoms with Gasteiger partial charge in [0.25, 0.3) is 0 Å². The second-order valence-corrected chi connectivity index (χ2v) is 2.98. The van der Waals surface area contributed by atoms with Crippen molar-refractivity contribution < 1.29 is 4.74 Å². The van der Waals surface area contributed by atoms with Crippen LogP contribution in [0.4, 0.5) is 0 Å². The van der Waals surface area contributed by atoms with Crippen LogP contribution in [0.1, 0.15) is 19.8 Å². The third kappa shape index (κ3) is 3.09. The molecule has 0 N–H and O–H groups in total. The van der Waals surface area contributed by atoms with E-state index >= 15 is 0 Å². The Balaban J connectivity index is 2.41. The molecular formula is C9H12ClNO. The number of rotatable bonds is 4. The number of halogens is 1. The summed E-state index contributed by atoms with van der Waals surface area (Å²) in [5.41, 5.74) is 0. The number of hydrogen-bond donors (Lipinski definition) is 0. The van der Waals surface area contributed by atoms with Gasteiger partial charge in [-0.25, -0.2) is 0 Å². The van der Waals surface area contributed by atoms with E-state index in [0.717, 1.165) is 25.2 Å². The lowest BCUT2D eigenvalue weighted by Crippen LogP contribution is -1.96. The number of nitrogens with zero attached hydrogens (tertiary/aromatic N) is 1. The van der Waals surface area contributed by atoms with E-state index in [9.17, 15) is 0 Å². The third-order valence-corrected chi connectivity index (χ3v) is 1.65. The van der Waals surface area contributed by atoms with E-state index in [2.05, 4.69) is 11.9 Å². The van der Waals surface area contributed by atoms with Crippen molar-refractivity contribution in [1.29, 1.82) is 0 Å². The van der Waals surface area contributed by atoms with Gasteiger partial charge in [-0.05, 0) is 6.42 Å². The largest absolute Gasteiger partial charge is 0.492 e. The summed E-state index contributed by atoms with van der Waals surface area (Å²) >= 11 is 5.72. The summed E-state index contributed by atoms with van der Waals surface area (Å²) in [7, 11) is 0. The van der Waals surface area contributed by atoms with E-state index in [1.165, 1.54) is 0 Å². The highest BCUT2D eigenvalue weighted by Crippen LogP contribution is 2.15. The summed E-state index contributed by atoms with van der Waals surface area (Å²) in [6.07, 6.45) is 5.45. The van der Waals surface area contributed by atoms with Crippen molar-refractivity contribution in [3.8, 4) is 5.75 Å². The lowest BCUT2D eigenvalue weighted by atomic mass is 10.4. The molecule has 66 valence electrons. The van der Waals surface area contributed by atoms with Crippen LogP contribution in [-0.4, -0.2) is 11.6 Å². The Bertz CT molecular complexity index is 240. The fourth-order valence-corrected chi connectivity index (χ4v) is 0.970. The van der Waals surface area contributed by atoms with Crippen LogP contribution in [0.15, 0.2) is 18.5 Å². The molecule has 1 rings (SSSR count). The molecule has 0 atom stereocenters. The molecule has 0 spiro atoms. The fourth-order valence-electron chi connectivity index (χ4n) is 0.806. The van der Waals surface area contributed by atoms with Crippen LogP contribution in [0.5, 0.6) is 5.75 Å². The maximum Gasteiger partial charge on any atom is 0.139 e. The molecule has 0 radical (unpaired) electrons. The molecule has 3 heteroatoms. The van der Waals surface area contributed by atoms with Crippen molar-refractivity contribution in [1.82, 2.24) is 4.98 Å². The highest BCUT2D eigenvalue weighted by molar-refractivity contribution is 6.30. The van der Waals surface area contributed by atoms with E-state index in [1.807, 2.05) is 0 Å². The first-order chi connectivity index (χ1) is 5.83. The summed E-state index contributed by atoms with van der Waals surface area (Å²) in [5.74, 6) is 0.746. The number of pyridine rings is 1. The molecule has 0 aromatic carbocycles. The molecule has 0 saturated carbocycles. The fraction of sp³-hybridized carbons (Fsp3) is 0.444. The molecule has 1 heterocycles. The van der Waals surface area contributed by atoms with Crippen LogP contribution in [0.25, 0.3) is 0 Å². The van der Waals surface area contributed by atoms with E-state index in [4.69, 9.17) is 16.3 Å². The third-order valence-electron chi connectivity index (χ3n) is 1.45. The monoisotopic (exact) mass is 185 g/mol. The SMILES string of the molecule is CCCCOc1cncc(Cl)c1. The minimum Gasteiger partial charge on any atom is -0.492 e. The van der Waals surface area contributed by atoms with Gasteiger partial charge in [-0.2, -0.15) is 0 Å². The van der Waals surface area contributed by atoms with E-state index in [0.29, 0.717) is 5.02 Å². The van der Waals surface area contributed by atoms with Gasteiger partial charge in [-0.15, -0.1) is 0 Å². The van der Waals surface area contributed by atoms with Crippen molar-refractivity contribution in [2.24, 2.45) is 0 Å². The molecule has 0 unspecified atom stereocenters. The summed E-state index contributed by atoms with van der Waals surface area (Å²) in [6, 6.07) is 1.77. The van der Waals surface area contributed by atoms with Gasteiger partial charge in [0.05, 0.1) is 17.8 Å². The van der Waals surface area contributed by atoms with Crippen molar-refractivity contribution in [3.05, 3.63) is 23.5 Å². The highest BCUT2D eigenvalue weighted by Gasteiger charge is 1.94. The highest BCUT2D eigenvalue weighted by atomic mass is 35.5. The molecule has 2 nitrogen and oxygen atoms in total. The van der Waals surface area contributed by atoms with Gasteiger partial charge < -0.3 is 4.74 Å². The van der Waals surface area contributed by atoms with Crippen molar-refractivity contribution in [2.75, 3.05) is 6.61 Å². The maximum atomic E-state index is 5.72. The van der Waals surface area contributed by atoms with Gasteiger partial charge >= 0.3 is 0 Å². The predicted molar refractivity (Wildman–Crippen MR) is 49.7 cm³/mol. The van der Waals surface area contributed by atoms with Gasteiger partial charge in [0.2, 0.25) is 0 Å². The maximum absolute atomic E-state index is 5.72. The molecule has 0 bridgehead atoms. The minimum absolute atomic E-state index is 0.615.